The number of aliphatic imine (C=N–C) groups is 1. The topological polar surface area (TPSA) is 86.3 Å². The van der Waals surface area contributed by atoms with E-state index in [0.717, 1.165) is 31.2 Å². The SMILES string of the molecule is CC1(C)CC(NC(=O)NCCc2ccc3[nH]ccc3c2)CC(C)(CN=C=O)C1. The molecule has 1 aromatic carbocycles. The third-order valence-electron chi connectivity index (χ3n) is 5.62. The second-order valence-electron chi connectivity index (χ2n) is 9.21. The summed E-state index contributed by atoms with van der Waals surface area (Å²) in [5, 5.41) is 7.28. The summed E-state index contributed by atoms with van der Waals surface area (Å²) in [5.41, 5.74) is 2.32. The number of nitrogens with one attached hydrogen (secondary N) is 3. The van der Waals surface area contributed by atoms with E-state index in [4.69, 9.17) is 0 Å². The Morgan fingerprint density at radius 3 is 2.89 bits per heavy atom. The molecule has 1 aliphatic rings. The zero-order valence-corrected chi connectivity index (χ0v) is 17.0. The molecule has 2 amide bonds. The summed E-state index contributed by atoms with van der Waals surface area (Å²) in [5.74, 6) is 0. The van der Waals surface area contributed by atoms with E-state index >= 15 is 0 Å². The van der Waals surface area contributed by atoms with Crippen molar-refractivity contribution in [2.24, 2.45) is 15.8 Å². The highest BCUT2D eigenvalue weighted by Crippen LogP contribution is 2.46. The van der Waals surface area contributed by atoms with Crippen LogP contribution in [-0.4, -0.2) is 36.2 Å². The van der Waals surface area contributed by atoms with Crippen molar-refractivity contribution in [3.8, 4) is 0 Å². The lowest BCUT2D eigenvalue weighted by Crippen LogP contribution is -2.50. The van der Waals surface area contributed by atoms with E-state index in [1.54, 1.807) is 6.08 Å². The number of carbonyl (C=O) groups is 1. The van der Waals surface area contributed by atoms with Gasteiger partial charge in [0.05, 0.1) is 6.54 Å². The van der Waals surface area contributed by atoms with E-state index in [9.17, 15) is 9.59 Å². The molecule has 1 saturated carbocycles. The third kappa shape index (κ3) is 5.23. The molecule has 6 nitrogen and oxygen atoms in total. The molecule has 6 heteroatoms. The summed E-state index contributed by atoms with van der Waals surface area (Å²) in [6.07, 6.45) is 7.09. The molecule has 1 fully saturated rings. The number of isocyanates is 1. The molecule has 1 aromatic heterocycles. The number of hydrogen-bond acceptors (Lipinski definition) is 3. The predicted molar refractivity (Wildman–Crippen MR) is 111 cm³/mol. The van der Waals surface area contributed by atoms with Crippen molar-refractivity contribution in [3.63, 3.8) is 0 Å². The van der Waals surface area contributed by atoms with Gasteiger partial charge in [-0.25, -0.2) is 14.6 Å². The number of hydrogen-bond donors (Lipinski definition) is 3. The molecule has 2 unspecified atom stereocenters. The highest BCUT2D eigenvalue weighted by molar-refractivity contribution is 5.80. The Morgan fingerprint density at radius 1 is 1.29 bits per heavy atom. The van der Waals surface area contributed by atoms with Crippen molar-refractivity contribution in [2.45, 2.75) is 52.5 Å². The van der Waals surface area contributed by atoms with Gasteiger partial charge in [-0.05, 0) is 65.7 Å². The molecule has 2 atom stereocenters. The number of aromatic nitrogens is 1. The maximum absolute atomic E-state index is 12.4. The fourth-order valence-corrected chi connectivity index (χ4v) is 4.89. The summed E-state index contributed by atoms with van der Waals surface area (Å²) >= 11 is 0. The van der Waals surface area contributed by atoms with Gasteiger partial charge in [0.25, 0.3) is 0 Å². The van der Waals surface area contributed by atoms with Crippen molar-refractivity contribution in [1.82, 2.24) is 15.6 Å². The van der Waals surface area contributed by atoms with Crippen LogP contribution >= 0.6 is 0 Å². The largest absolute Gasteiger partial charge is 0.361 e. The molecule has 0 aliphatic heterocycles. The molecule has 0 radical (unpaired) electrons. The van der Waals surface area contributed by atoms with E-state index in [1.165, 1.54) is 10.9 Å². The Balaban J connectivity index is 1.51. The summed E-state index contributed by atoms with van der Waals surface area (Å²) in [6, 6.07) is 8.29. The van der Waals surface area contributed by atoms with Crippen LogP contribution in [0.5, 0.6) is 0 Å². The number of benzene rings is 1. The number of rotatable bonds is 6. The number of aromatic amines is 1. The third-order valence-corrected chi connectivity index (χ3v) is 5.62. The molecular weight excluding hydrogens is 352 g/mol. The Labute approximate surface area is 166 Å². The maximum Gasteiger partial charge on any atom is 0.315 e. The first kappa shape index (κ1) is 20.2. The minimum atomic E-state index is -0.133. The fraction of sp³-hybridized carbons (Fsp3) is 0.545. The minimum Gasteiger partial charge on any atom is -0.361 e. The monoisotopic (exact) mass is 382 g/mol. The lowest BCUT2D eigenvalue weighted by molar-refractivity contribution is 0.0807. The summed E-state index contributed by atoms with van der Waals surface area (Å²) < 4.78 is 0. The first-order valence-electron chi connectivity index (χ1n) is 9.93. The van der Waals surface area contributed by atoms with Crippen LogP contribution in [-0.2, 0) is 11.2 Å². The standard InChI is InChI=1S/C22H30N4O2/c1-21(2)11-18(12-22(3,13-21)14-23-15-27)26-20(28)25-8-6-16-4-5-19-17(10-16)7-9-24-19/h4-5,7,9-10,18,24H,6,8,11-14H2,1-3H3,(H2,25,26,28). The van der Waals surface area contributed by atoms with Crippen LogP contribution in [0.15, 0.2) is 35.5 Å². The van der Waals surface area contributed by atoms with Crippen LogP contribution in [0.4, 0.5) is 4.79 Å². The molecule has 28 heavy (non-hydrogen) atoms. The number of nitrogens with zero attached hydrogens (tertiary/aromatic N) is 1. The number of carbonyl (C=O) groups excluding carboxylic acids is 2. The van der Waals surface area contributed by atoms with Crippen molar-refractivity contribution < 1.29 is 9.59 Å². The Morgan fingerprint density at radius 2 is 2.11 bits per heavy atom. The van der Waals surface area contributed by atoms with Crippen LogP contribution in [0.25, 0.3) is 10.9 Å². The highest BCUT2D eigenvalue weighted by atomic mass is 16.2. The van der Waals surface area contributed by atoms with Crippen LogP contribution in [0.1, 0.15) is 45.6 Å². The zero-order valence-electron chi connectivity index (χ0n) is 17.0. The van der Waals surface area contributed by atoms with E-state index < -0.39 is 0 Å². The van der Waals surface area contributed by atoms with Gasteiger partial charge in [-0.15, -0.1) is 0 Å². The van der Waals surface area contributed by atoms with Gasteiger partial charge in [0.15, 0.2) is 0 Å². The molecule has 3 rings (SSSR count). The molecule has 0 spiro atoms. The van der Waals surface area contributed by atoms with Crippen LogP contribution in [0, 0.1) is 10.8 Å². The fourth-order valence-electron chi connectivity index (χ4n) is 4.89. The van der Waals surface area contributed by atoms with Crippen LogP contribution in [0.3, 0.4) is 0 Å². The second-order valence-corrected chi connectivity index (χ2v) is 9.21. The lowest BCUT2D eigenvalue weighted by atomic mass is 9.62. The Kier molecular flexibility index (Phi) is 5.90. The molecule has 0 bridgehead atoms. The van der Waals surface area contributed by atoms with Crippen LogP contribution < -0.4 is 10.6 Å². The van der Waals surface area contributed by atoms with Gasteiger partial charge in [0.2, 0.25) is 6.08 Å². The van der Waals surface area contributed by atoms with Crippen LogP contribution in [0.2, 0.25) is 0 Å². The Bertz CT molecular complexity index is 882. The normalized spacial score (nSPS) is 23.8. The number of fused-ring (bicyclic) bond motifs is 1. The van der Waals surface area contributed by atoms with Gasteiger partial charge in [0, 0.05) is 24.3 Å². The second kappa shape index (κ2) is 8.19. The molecule has 150 valence electrons. The zero-order chi connectivity index (χ0) is 20.2. The van der Waals surface area contributed by atoms with Gasteiger partial charge in [-0.3, -0.25) is 0 Å². The van der Waals surface area contributed by atoms with Gasteiger partial charge in [-0.1, -0.05) is 26.8 Å². The maximum atomic E-state index is 12.4. The van der Waals surface area contributed by atoms with Gasteiger partial charge in [0.1, 0.15) is 0 Å². The van der Waals surface area contributed by atoms with E-state index in [-0.39, 0.29) is 22.9 Å². The summed E-state index contributed by atoms with van der Waals surface area (Å²) in [7, 11) is 0. The smallest absolute Gasteiger partial charge is 0.315 e. The van der Waals surface area contributed by atoms with Gasteiger partial charge < -0.3 is 15.6 Å². The molecule has 1 aliphatic carbocycles. The summed E-state index contributed by atoms with van der Waals surface area (Å²) in [4.78, 5) is 29.9. The highest BCUT2D eigenvalue weighted by Gasteiger charge is 2.41. The van der Waals surface area contributed by atoms with Crippen molar-refractivity contribution in [2.75, 3.05) is 13.1 Å². The van der Waals surface area contributed by atoms with Crippen molar-refractivity contribution in [3.05, 3.63) is 36.0 Å². The number of H-pyrrole nitrogens is 1. The first-order valence-corrected chi connectivity index (χ1v) is 9.93. The minimum absolute atomic E-state index is 0.0757. The lowest BCUT2D eigenvalue weighted by Gasteiger charge is -2.46. The first-order chi connectivity index (χ1) is 13.3. The Hall–Kier alpha value is -2.59. The van der Waals surface area contributed by atoms with E-state index in [1.807, 2.05) is 6.20 Å². The predicted octanol–water partition coefficient (Wildman–Crippen LogP) is 3.93. The average Bonchev–Trinajstić information content (AvgIpc) is 3.06. The number of amides is 2. The van der Waals surface area contributed by atoms with Gasteiger partial charge in [-0.2, -0.15) is 0 Å². The number of urea groups is 1. The van der Waals surface area contributed by atoms with Crippen molar-refractivity contribution in [1.29, 1.82) is 0 Å². The molecule has 3 N–H and O–H groups in total. The van der Waals surface area contributed by atoms with Gasteiger partial charge >= 0.3 is 6.03 Å². The quantitative estimate of drug-likeness (QED) is 0.522. The molecule has 2 aromatic rings. The summed E-state index contributed by atoms with van der Waals surface area (Å²) in [6.45, 7) is 7.60. The average molecular weight is 383 g/mol. The van der Waals surface area contributed by atoms with E-state index in [2.05, 4.69) is 65.6 Å². The molecule has 0 saturated heterocycles. The van der Waals surface area contributed by atoms with Crippen molar-refractivity contribution >= 4 is 23.0 Å². The molecular formula is C22H30N4O2. The molecule has 1 heterocycles. The van der Waals surface area contributed by atoms with E-state index in [0.29, 0.717) is 13.1 Å².